The number of esters is 1. The average molecular weight is 222 g/mol. The number of rotatable bonds is 1. The lowest BCUT2D eigenvalue weighted by Crippen LogP contribution is -2.18. The number of allylic oxidation sites excluding steroid dienone is 1. The summed E-state index contributed by atoms with van der Waals surface area (Å²) in [6.07, 6.45) is 0. The van der Waals surface area contributed by atoms with Crippen molar-refractivity contribution in [1.82, 2.24) is 0 Å². The summed E-state index contributed by atoms with van der Waals surface area (Å²) in [4.78, 5) is 11.3. The Morgan fingerprint density at radius 1 is 1.31 bits per heavy atom. The van der Waals surface area contributed by atoms with E-state index in [1.165, 1.54) is 19.2 Å². The first-order chi connectivity index (χ1) is 7.61. The molecule has 1 aromatic carbocycles. The van der Waals surface area contributed by atoms with Crippen LogP contribution in [0.3, 0.4) is 0 Å². The molecule has 1 aliphatic rings. The number of hydrogen-bond donors (Lipinski definition) is 1. The molecule has 0 fully saturated rings. The summed E-state index contributed by atoms with van der Waals surface area (Å²) in [5, 5.41) is 9.27. The number of carbonyl (C=O) groups excluding carboxylic acids is 1. The fraction of sp³-hybridized carbons (Fsp3) is 0.182. The average Bonchev–Trinajstić information content (AvgIpc) is 2.28. The summed E-state index contributed by atoms with van der Waals surface area (Å²) in [6, 6.07) is 4.39. The molecule has 0 atom stereocenters. The maximum atomic E-state index is 11.3. The summed E-state index contributed by atoms with van der Waals surface area (Å²) < 4.78 is 15.2. The lowest BCUT2D eigenvalue weighted by Gasteiger charge is -2.20. The Labute approximate surface area is 91.9 Å². The van der Waals surface area contributed by atoms with E-state index in [2.05, 4.69) is 4.74 Å². The molecule has 0 amide bonds. The van der Waals surface area contributed by atoms with Crippen molar-refractivity contribution in [2.45, 2.75) is 6.92 Å². The molecule has 2 rings (SSSR count). The van der Waals surface area contributed by atoms with Crippen LogP contribution >= 0.6 is 0 Å². The minimum absolute atomic E-state index is 0.0133. The van der Waals surface area contributed by atoms with Crippen LogP contribution in [0, 0.1) is 0 Å². The molecule has 0 aliphatic carbocycles. The first-order valence-corrected chi connectivity index (χ1v) is 4.59. The molecule has 5 heteroatoms. The van der Waals surface area contributed by atoms with Gasteiger partial charge >= 0.3 is 5.97 Å². The number of benzene rings is 1. The molecule has 0 aromatic heterocycles. The Morgan fingerprint density at radius 3 is 2.75 bits per heavy atom. The highest BCUT2D eigenvalue weighted by Gasteiger charge is 2.25. The van der Waals surface area contributed by atoms with Crippen LogP contribution in [-0.2, 0) is 9.53 Å². The van der Waals surface area contributed by atoms with Gasteiger partial charge in [-0.1, -0.05) is 0 Å². The van der Waals surface area contributed by atoms with Gasteiger partial charge in [0.1, 0.15) is 5.75 Å². The van der Waals surface area contributed by atoms with Gasteiger partial charge in [-0.2, -0.15) is 0 Å². The summed E-state index contributed by atoms with van der Waals surface area (Å²) in [6.45, 7) is 1.60. The quantitative estimate of drug-likeness (QED) is 0.730. The van der Waals surface area contributed by atoms with Crippen LogP contribution < -0.4 is 9.47 Å². The third-order valence-corrected chi connectivity index (χ3v) is 2.09. The van der Waals surface area contributed by atoms with Crippen LogP contribution in [0.1, 0.15) is 6.92 Å². The zero-order valence-corrected chi connectivity index (χ0v) is 8.81. The molecule has 1 aliphatic heterocycles. The van der Waals surface area contributed by atoms with Gasteiger partial charge in [0.25, 0.3) is 0 Å². The van der Waals surface area contributed by atoms with E-state index in [1.54, 1.807) is 13.0 Å². The summed E-state index contributed by atoms with van der Waals surface area (Å²) in [7, 11) is 1.25. The fourth-order valence-electron chi connectivity index (χ4n) is 1.33. The molecule has 0 radical (unpaired) electrons. The van der Waals surface area contributed by atoms with E-state index >= 15 is 0 Å². The van der Waals surface area contributed by atoms with E-state index in [1.807, 2.05) is 0 Å². The first kappa shape index (κ1) is 10.4. The number of aromatic hydroxyl groups is 1. The number of hydrogen-bond acceptors (Lipinski definition) is 5. The van der Waals surface area contributed by atoms with E-state index in [0.29, 0.717) is 11.5 Å². The van der Waals surface area contributed by atoms with Crippen LogP contribution in [0.4, 0.5) is 0 Å². The highest BCUT2D eigenvalue weighted by Crippen LogP contribution is 2.37. The van der Waals surface area contributed by atoms with E-state index < -0.39 is 5.97 Å². The Balaban J connectivity index is 2.38. The van der Waals surface area contributed by atoms with Crippen LogP contribution in [-0.4, -0.2) is 18.2 Å². The van der Waals surface area contributed by atoms with E-state index in [4.69, 9.17) is 9.47 Å². The zero-order chi connectivity index (χ0) is 11.7. The van der Waals surface area contributed by atoms with Gasteiger partial charge in [-0.05, 0) is 19.1 Å². The first-order valence-electron chi connectivity index (χ1n) is 4.59. The third kappa shape index (κ3) is 1.67. The zero-order valence-electron chi connectivity index (χ0n) is 8.81. The molecule has 0 unspecified atom stereocenters. The van der Waals surface area contributed by atoms with Crippen molar-refractivity contribution in [2.24, 2.45) is 0 Å². The lowest BCUT2D eigenvalue weighted by molar-refractivity contribution is -0.139. The predicted molar refractivity (Wildman–Crippen MR) is 54.1 cm³/mol. The minimum atomic E-state index is -0.619. The molecule has 5 nitrogen and oxygen atoms in total. The van der Waals surface area contributed by atoms with Crippen LogP contribution in [0.25, 0.3) is 0 Å². The van der Waals surface area contributed by atoms with Gasteiger partial charge in [0.2, 0.25) is 5.76 Å². The topological polar surface area (TPSA) is 65.0 Å². The third-order valence-electron chi connectivity index (χ3n) is 2.09. The molecule has 1 aromatic rings. The highest BCUT2D eigenvalue weighted by molar-refractivity contribution is 5.87. The molecular formula is C11H10O5. The Bertz CT molecular complexity index is 475. The maximum Gasteiger partial charge on any atom is 0.377 e. The van der Waals surface area contributed by atoms with Gasteiger partial charge < -0.3 is 19.3 Å². The predicted octanol–water partition coefficient (Wildman–Crippen LogP) is 1.57. The van der Waals surface area contributed by atoms with E-state index in [0.717, 1.165) is 0 Å². The van der Waals surface area contributed by atoms with Crippen molar-refractivity contribution in [1.29, 1.82) is 0 Å². The van der Waals surface area contributed by atoms with Gasteiger partial charge in [-0.3, -0.25) is 0 Å². The summed E-state index contributed by atoms with van der Waals surface area (Å²) in [5.74, 6) is 0.456. The normalized spacial score (nSPS) is 13.6. The van der Waals surface area contributed by atoms with Gasteiger partial charge in [-0.15, -0.1) is 0 Å². The molecule has 16 heavy (non-hydrogen) atoms. The second-order valence-electron chi connectivity index (χ2n) is 3.21. The minimum Gasteiger partial charge on any atom is -0.508 e. The van der Waals surface area contributed by atoms with Crippen LogP contribution in [0.5, 0.6) is 17.2 Å². The van der Waals surface area contributed by atoms with Crippen molar-refractivity contribution in [3.63, 3.8) is 0 Å². The van der Waals surface area contributed by atoms with Gasteiger partial charge in [-0.25, -0.2) is 4.79 Å². The molecular weight excluding hydrogens is 212 g/mol. The number of phenols is 1. The standard InChI is InChI=1S/C11H10O5/c1-6-10(11(13)14-2)16-9-5-7(12)3-4-8(9)15-6/h3-5,12H,1-2H3. The second kappa shape index (κ2) is 3.77. The van der Waals surface area contributed by atoms with Crippen molar-refractivity contribution in [3.8, 4) is 17.2 Å². The summed E-state index contributed by atoms with van der Waals surface area (Å²) in [5.41, 5.74) is 0. The number of fused-ring (bicyclic) bond motifs is 1. The second-order valence-corrected chi connectivity index (χ2v) is 3.21. The molecule has 0 saturated carbocycles. The van der Waals surface area contributed by atoms with Crippen LogP contribution in [0.2, 0.25) is 0 Å². The Hall–Kier alpha value is -2.17. The smallest absolute Gasteiger partial charge is 0.377 e. The largest absolute Gasteiger partial charge is 0.508 e. The lowest BCUT2D eigenvalue weighted by atomic mass is 10.2. The van der Waals surface area contributed by atoms with E-state index in [-0.39, 0.29) is 17.3 Å². The monoisotopic (exact) mass is 222 g/mol. The fourth-order valence-corrected chi connectivity index (χ4v) is 1.33. The SMILES string of the molecule is COC(=O)C1=C(C)Oc2ccc(O)cc2O1. The summed E-state index contributed by atoms with van der Waals surface area (Å²) >= 11 is 0. The molecule has 0 spiro atoms. The van der Waals surface area contributed by atoms with Gasteiger partial charge in [0.15, 0.2) is 17.3 Å². The van der Waals surface area contributed by atoms with Gasteiger partial charge in [0, 0.05) is 6.07 Å². The van der Waals surface area contributed by atoms with Gasteiger partial charge in [0.05, 0.1) is 7.11 Å². The van der Waals surface area contributed by atoms with Crippen molar-refractivity contribution < 1.29 is 24.1 Å². The van der Waals surface area contributed by atoms with E-state index in [9.17, 15) is 9.90 Å². The molecule has 1 heterocycles. The Morgan fingerprint density at radius 2 is 2.06 bits per heavy atom. The molecule has 0 saturated heterocycles. The molecule has 0 bridgehead atoms. The molecule has 1 N–H and O–H groups in total. The maximum absolute atomic E-state index is 11.3. The molecule has 84 valence electrons. The number of phenolic OH excluding ortho intramolecular Hbond substituents is 1. The van der Waals surface area contributed by atoms with Crippen molar-refractivity contribution >= 4 is 5.97 Å². The number of ether oxygens (including phenoxy) is 3. The highest BCUT2D eigenvalue weighted by atomic mass is 16.6. The van der Waals surface area contributed by atoms with Crippen molar-refractivity contribution in [3.05, 3.63) is 29.7 Å². The Kier molecular flexibility index (Phi) is 2.44. The number of carbonyl (C=O) groups is 1. The van der Waals surface area contributed by atoms with Crippen molar-refractivity contribution in [2.75, 3.05) is 7.11 Å². The number of methoxy groups -OCH3 is 1. The van der Waals surface area contributed by atoms with Crippen LogP contribution in [0.15, 0.2) is 29.7 Å².